The van der Waals surface area contributed by atoms with E-state index in [1.165, 1.54) is 22.3 Å². The second kappa shape index (κ2) is 6.94. The zero-order valence-electron chi connectivity index (χ0n) is 12.3. The number of halogens is 1. The molecular formula is C18H21BrO. The van der Waals surface area contributed by atoms with Gasteiger partial charge in [0.05, 0.1) is 11.9 Å². The van der Waals surface area contributed by atoms with Crippen LogP contribution >= 0.6 is 15.9 Å². The lowest BCUT2D eigenvalue weighted by Crippen LogP contribution is -1.97. The van der Waals surface area contributed by atoms with Gasteiger partial charge < -0.3 is 4.74 Å². The average Bonchev–Trinajstić information content (AvgIpc) is 2.53. The Morgan fingerprint density at radius 2 is 1.50 bits per heavy atom. The lowest BCUT2D eigenvalue weighted by atomic mass is 9.96. The summed E-state index contributed by atoms with van der Waals surface area (Å²) < 4.78 is 5.21. The van der Waals surface area contributed by atoms with Crippen molar-refractivity contribution < 1.29 is 4.74 Å². The van der Waals surface area contributed by atoms with Crippen molar-refractivity contribution in [2.75, 3.05) is 7.11 Å². The topological polar surface area (TPSA) is 9.23 Å². The van der Waals surface area contributed by atoms with E-state index in [9.17, 15) is 0 Å². The first-order valence-electron chi connectivity index (χ1n) is 7.09. The van der Waals surface area contributed by atoms with Gasteiger partial charge in [-0.05, 0) is 47.2 Å². The number of rotatable bonds is 5. The van der Waals surface area contributed by atoms with Crippen LogP contribution in [-0.4, -0.2) is 7.11 Å². The van der Waals surface area contributed by atoms with Crippen molar-refractivity contribution in [3.63, 3.8) is 0 Å². The largest absolute Gasteiger partial charge is 0.497 e. The molecule has 0 spiro atoms. The first-order valence-corrected chi connectivity index (χ1v) is 8.00. The number of ether oxygens (including phenoxy) is 1. The molecule has 0 aromatic heterocycles. The van der Waals surface area contributed by atoms with E-state index < -0.39 is 0 Å². The van der Waals surface area contributed by atoms with Crippen LogP contribution in [0.4, 0.5) is 0 Å². The maximum absolute atomic E-state index is 5.21. The fourth-order valence-corrected chi connectivity index (χ4v) is 3.03. The molecule has 2 rings (SSSR count). The Labute approximate surface area is 130 Å². The number of hydrogen-bond acceptors (Lipinski definition) is 1. The van der Waals surface area contributed by atoms with Gasteiger partial charge in [-0.1, -0.05) is 60.1 Å². The van der Waals surface area contributed by atoms with Gasteiger partial charge in [0.2, 0.25) is 0 Å². The fourth-order valence-electron chi connectivity index (χ4n) is 2.44. The van der Waals surface area contributed by atoms with Gasteiger partial charge in [0, 0.05) is 0 Å². The molecule has 0 heterocycles. The van der Waals surface area contributed by atoms with Crippen LogP contribution in [0.25, 0.3) is 0 Å². The van der Waals surface area contributed by atoms with E-state index in [1.807, 2.05) is 12.1 Å². The van der Waals surface area contributed by atoms with Crippen molar-refractivity contribution >= 4 is 15.9 Å². The first kappa shape index (κ1) is 15.1. The molecule has 1 nitrogen and oxygen atoms in total. The second-order valence-corrected chi connectivity index (χ2v) is 5.79. The number of methoxy groups -OCH3 is 1. The van der Waals surface area contributed by atoms with Crippen molar-refractivity contribution in [1.29, 1.82) is 0 Å². The monoisotopic (exact) mass is 332 g/mol. The Hall–Kier alpha value is -1.28. The molecule has 0 fully saturated rings. The Morgan fingerprint density at radius 3 is 2.05 bits per heavy atom. The Kier molecular flexibility index (Phi) is 5.24. The number of aryl methyl sites for hydroxylation is 2. The molecule has 106 valence electrons. The summed E-state index contributed by atoms with van der Waals surface area (Å²) in [6.07, 6.45) is 2.18. The zero-order valence-corrected chi connectivity index (χ0v) is 13.9. The smallest absolute Gasteiger partial charge is 0.118 e. The molecule has 2 heteroatoms. The van der Waals surface area contributed by atoms with Crippen LogP contribution in [-0.2, 0) is 12.8 Å². The van der Waals surface area contributed by atoms with Gasteiger partial charge in [-0.3, -0.25) is 0 Å². The Balaban J connectivity index is 2.29. The van der Waals surface area contributed by atoms with E-state index in [2.05, 4.69) is 60.1 Å². The molecule has 2 aromatic carbocycles. The molecule has 20 heavy (non-hydrogen) atoms. The maximum atomic E-state index is 5.21. The standard InChI is InChI=1S/C18H21BrO/c1-4-13-6-7-16(12-14(13)5-2)18(19)15-8-10-17(20-3)11-9-15/h6-12,18H,4-5H2,1-3H3. The minimum absolute atomic E-state index is 0.226. The summed E-state index contributed by atoms with van der Waals surface area (Å²) >= 11 is 3.81. The third kappa shape index (κ3) is 3.24. The number of alkyl halides is 1. The van der Waals surface area contributed by atoms with E-state index in [1.54, 1.807) is 7.11 Å². The highest BCUT2D eigenvalue weighted by Crippen LogP contribution is 2.33. The lowest BCUT2D eigenvalue weighted by Gasteiger charge is -2.14. The highest BCUT2D eigenvalue weighted by Gasteiger charge is 2.12. The summed E-state index contributed by atoms with van der Waals surface area (Å²) in [7, 11) is 1.69. The summed E-state index contributed by atoms with van der Waals surface area (Å²) in [6, 6.07) is 15.0. The second-order valence-electron chi connectivity index (χ2n) is 4.87. The van der Waals surface area contributed by atoms with Crippen LogP contribution in [0.3, 0.4) is 0 Å². The molecule has 0 radical (unpaired) electrons. The van der Waals surface area contributed by atoms with Crippen molar-refractivity contribution in [1.82, 2.24) is 0 Å². The summed E-state index contributed by atoms with van der Waals surface area (Å²) in [5.41, 5.74) is 5.45. The Bertz CT molecular complexity index is 560. The van der Waals surface area contributed by atoms with Gasteiger partial charge in [-0.2, -0.15) is 0 Å². The first-order chi connectivity index (χ1) is 9.69. The van der Waals surface area contributed by atoms with Gasteiger partial charge >= 0.3 is 0 Å². The van der Waals surface area contributed by atoms with Crippen molar-refractivity contribution in [2.45, 2.75) is 31.5 Å². The van der Waals surface area contributed by atoms with E-state index in [-0.39, 0.29) is 4.83 Å². The van der Waals surface area contributed by atoms with E-state index in [0.717, 1.165) is 18.6 Å². The number of benzene rings is 2. The van der Waals surface area contributed by atoms with Crippen molar-refractivity contribution in [2.24, 2.45) is 0 Å². The minimum atomic E-state index is 0.226. The third-order valence-corrected chi connectivity index (χ3v) is 4.75. The van der Waals surface area contributed by atoms with Gasteiger partial charge in [0.1, 0.15) is 5.75 Å². The zero-order chi connectivity index (χ0) is 14.5. The molecule has 1 atom stereocenters. The maximum Gasteiger partial charge on any atom is 0.118 e. The van der Waals surface area contributed by atoms with E-state index in [0.29, 0.717) is 0 Å². The van der Waals surface area contributed by atoms with Crippen LogP contribution in [0.2, 0.25) is 0 Å². The van der Waals surface area contributed by atoms with Gasteiger partial charge in [-0.15, -0.1) is 0 Å². The molecule has 2 aromatic rings. The van der Waals surface area contributed by atoms with Crippen LogP contribution < -0.4 is 4.74 Å². The number of hydrogen-bond donors (Lipinski definition) is 0. The average molecular weight is 333 g/mol. The normalized spacial score (nSPS) is 12.2. The summed E-state index contributed by atoms with van der Waals surface area (Å²) in [5, 5.41) is 0. The van der Waals surface area contributed by atoms with E-state index >= 15 is 0 Å². The predicted octanol–water partition coefficient (Wildman–Crippen LogP) is 5.30. The molecule has 0 aliphatic heterocycles. The molecule has 1 unspecified atom stereocenters. The highest BCUT2D eigenvalue weighted by atomic mass is 79.9. The summed E-state index contributed by atoms with van der Waals surface area (Å²) in [6.45, 7) is 4.43. The van der Waals surface area contributed by atoms with Gasteiger partial charge in [-0.25, -0.2) is 0 Å². The van der Waals surface area contributed by atoms with Crippen LogP contribution in [0, 0.1) is 0 Å². The molecular weight excluding hydrogens is 312 g/mol. The predicted molar refractivity (Wildman–Crippen MR) is 89.0 cm³/mol. The van der Waals surface area contributed by atoms with Gasteiger partial charge in [0.15, 0.2) is 0 Å². The molecule has 0 aliphatic carbocycles. The van der Waals surface area contributed by atoms with Crippen molar-refractivity contribution in [3.05, 3.63) is 64.7 Å². The van der Waals surface area contributed by atoms with Crippen LogP contribution in [0.15, 0.2) is 42.5 Å². The molecule has 0 saturated carbocycles. The quantitative estimate of drug-likeness (QED) is 0.674. The lowest BCUT2D eigenvalue weighted by molar-refractivity contribution is 0.414. The van der Waals surface area contributed by atoms with Gasteiger partial charge in [0.25, 0.3) is 0 Å². The van der Waals surface area contributed by atoms with Crippen LogP contribution in [0.5, 0.6) is 5.75 Å². The molecule has 0 bridgehead atoms. The molecule has 0 amide bonds. The summed E-state index contributed by atoms with van der Waals surface area (Å²) in [4.78, 5) is 0.226. The molecule has 0 aliphatic rings. The van der Waals surface area contributed by atoms with Crippen LogP contribution in [0.1, 0.15) is 40.9 Å². The SMILES string of the molecule is CCc1ccc(C(Br)c2ccc(OC)cc2)cc1CC. The fraction of sp³-hybridized carbons (Fsp3) is 0.333. The molecule has 0 N–H and O–H groups in total. The molecule has 0 saturated heterocycles. The van der Waals surface area contributed by atoms with E-state index in [4.69, 9.17) is 4.74 Å². The Morgan fingerprint density at radius 1 is 0.900 bits per heavy atom. The van der Waals surface area contributed by atoms with Crippen molar-refractivity contribution in [3.8, 4) is 5.75 Å². The summed E-state index contributed by atoms with van der Waals surface area (Å²) in [5.74, 6) is 0.893. The minimum Gasteiger partial charge on any atom is -0.497 e. The highest BCUT2D eigenvalue weighted by molar-refractivity contribution is 9.09. The third-order valence-electron chi connectivity index (χ3n) is 3.69.